The van der Waals surface area contributed by atoms with Crippen LogP contribution in [-0.2, 0) is 9.59 Å². The topological polar surface area (TPSA) is 70.6 Å². The molecular formula is C14H15Cl2N3O2S. The van der Waals surface area contributed by atoms with Gasteiger partial charge in [0.1, 0.15) is 5.25 Å². The number of amides is 2. The van der Waals surface area contributed by atoms with Gasteiger partial charge in [0.05, 0.1) is 10.0 Å². The normalized spacial score (nSPS) is 19.3. The minimum absolute atomic E-state index is 0.0713. The van der Waals surface area contributed by atoms with Crippen LogP contribution in [-0.4, -0.2) is 28.8 Å². The molecule has 1 atom stereocenters. The number of carbonyl (C=O) groups is 2. The standard InChI is InChI=1S/C14H15Cl2N3O2S/c1-2-5-17-14-19-13(21)11(22-14)7-12(20)18-8-3-4-9(15)10(16)6-8/h3-4,6,11H,2,5,7H2,1H3,(H,18,20)(H,17,19,21). The number of hydrogen-bond acceptors (Lipinski definition) is 4. The van der Waals surface area contributed by atoms with Gasteiger partial charge in [-0.25, -0.2) is 0 Å². The molecule has 2 rings (SSSR count). The lowest BCUT2D eigenvalue weighted by atomic mass is 10.2. The molecule has 1 aliphatic heterocycles. The molecule has 1 heterocycles. The highest BCUT2D eigenvalue weighted by atomic mass is 35.5. The third-order valence-corrected chi connectivity index (χ3v) is 4.69. The summed E-state index contributed by atoms with van der Waals surface area (Å²) in [5, 5.41) is 6.28. The molecule has 0 bridgehead atoms. The van der Waals surface area contributed by atoms with E-state index in [2.05, 4.69) is 15.6 Å². The van der Waals surface area contributed by atoms with Crippen LogP contribution < -0.4 is 10.6 Å². The minimum Gasteiger partial charge on any atom is -0.326 e. The maximum absolute atomic E-state index is 12.0. The number of thioether (sulfide) groups is 1. The highest BCUT2D eigenvalue weighted by molar-refractivity contribution is 8.15. The van der Waals surface area contributed by atoms with E-state index in [1.807, 2.05) is 6.92 Å². The quantitative estimate of drug-likeness (QED) is 0.846. The monoisotopic (exact) mass is 359 g/mol. The number of anilines is 1. The van der Waals surface area contributed by atoms with E-state index in [0.29, 0.717) is 27.4 Å². The number of rotatable bonds is 5. The van der Waals surface area contributed by atoms with E-state index in [0.717, 1.165) is 6.42 Å². The summed E-state index contributed by atoms with van der Waals surface area (Å²) < 4.78 is 0. The Morgan fingerprint density at radius 3 is 2.86 bits per heavy atom. The highest BCUT2D eigenvalue weighted by Gasteiger charge is 2.31. The smallest absolute Gasteiger partial charge is 0.240 e. The van der Waals surface area contributed by atoms with Crippen LogP contribution in [0.2, 0.25) is 10.0 Å². The van der Waals surface area contributed by atoms with Crippen LogP contribution in [0.25, 0.3) is 0 Å². The molecule has 0 spiro atoms. The van der Waals surface area contributed by atoms with Crippen LogP contribution in [0.3, 0.4) is 0 Å². The zero-order valence-corrected chi connectivity index (χ0v) is 14.2. The van der Waals surface area contributed by atoms with Crippen molar-refractivity contribution in [2.24, 2.45) is 4.99 Å². The SMILES string of the molecule is CCCN=C1NC(=O)C(CC(=O)Nc2ccc(Cl)c(Cl)c2)S1. The van der Waals surface area contributed by atoms with Crippen LogP contribution in [0.4, 0.5) is 5.69 Å². The molecule has 1 unspecified atom stereocenters. The Labute approximate surface area is 142 Å². The molecule has 1 saturated heterocycles. The van der Waals surface area contributed by atoms with Crippen molar-refractivity contribution in [3.63, 3.8) is 0 Å². The lowest BCUT2D eigenvalue weighted by molar-refractivity contribution is -0.122. The Morgan fingerprint density at radius 2 is 2.18 bits per heavy atom. The van der Waals surface area contributed by atoms with Crippen LogP contribution in [0.1, 0.15) is 19.8 Å². The van der Waals surface area contributed by atoms with Crippen molar-refractivity contribution in [1.29, 1.82) is 0 Å². The molecule has 2 amide bonds. The Bertz CT molecular complexity index is 622. The first-order chi connectivity index (χ1) is 10.5. The van der Waals surface area contributed by atoms with Crippen LogP contribution in [0, 0.1) is 0 Å². The van der Waals surface area contributed by atoms with Crippen molar-refractivity contribution in [3.05, 3.63) is 28.2 Å². The van der Waals surface area contributed by atoms with Crippen LogP contribution in [0.15, 0.2) is 23.2 Å². The molecule has 2 N–H and O–H groups in total. The summed E-state index contributed by atoms with van der Waals surface area (Å²) in [6.45, 7) is 2.67. The van der Waals surface area contributed by atoms with Crippen LogP contribution >= 0.6 is 35.0 Å². The van der Waals surface area contributed by atoms with Gasteiger partial charge < -0.3 is 10.6 Å². The molecule has 0 aliphatic carbocycles. The van der Waals surface area contributed by atoms with Gasteiger partial charge >= 0.3 is 0 Å². The molecule has 0 radical (unpaired) electrons. The number of aliphatic imine (C=N–C) groups is 1. The van der Waals surface area contributed by atoms with Gasteiger partial charge in [0.15, 0.2) is 5.17 Å². The Hall–Kier alpha value is -1.24. The molecule has 1 fully saturated rings. The van der Waals surface area contributed by atoms with E-state index in [4.69, 9.17) is 23.2 Å². The average Bonchev–Trinajstić information content (AvgIpc) is 2.81. The second kappa shape index (κ2) is 7.85. The molecule has 8 heteroatoms. The lowest BCUT2D eigenvalue weighted by Crippen LogP contribution is -2.28. The molecule has 5 nitrogen and oxygen atoms in total. The zero-order chi connectivity index (χ0) is 16.1. The van der Waals surface area contributed by atoms with Gasteiger partial charge in [-0.05, 0) is 24.6 Å². The fourth-order valence-electron chi connectivity index (χ4n) is 1.78. The summed E-state index contributed by atoms with van der Waals surface area (Å²) in [5.74, 6) is -0.452. The van der Waals surface area contributed by atoms with Crippen molar-refractivity contribution < 1.29 is 9.59 Å². The summed E-state index contributed by atoms with van der Waals surface area (Å²) in [5.41, 5.74) is 0.544. The molecule has 118 valence electrons. The summed E-state index contributed by atoms with van der Waals surface area (Å²) in [4.78, 5) is 28.1. The molecule has 22 heavy (non-hydrogen) atoms. The Kier molecular flexibility index (Phi) is 6.11. The van der Waals surface area contributed by atoms with Crippen molar-refractivity contribution in [2.75, 3.05) is 11.9 Å². The number of nitrogens with one attached hydrogen (secondary N) is 2. The van der Waals surface area contributed by atoms with Crippen molar-refractivity contribution in [1.82, 2.24) is 5.32 Å². The summed E-state index contributed by atoms with van der Waals surface area (Å²) in [6.07, 6.45) is 0.976. The first-order valence-corrected chi connectivity index (χ1v) is 8.40. The van der Waals surface area contributed by atoms with Gasteiger partial charge in [-0.15, -0.1) is 0 Å². The van der Waals surface area contributed by atoms with E-state index in [-0.39, 0.29) is 18.2 Å². The Balaban J connectivity index is 1.92. The number of benzene rings is 1. The molecule has 1 aliphatic rings. The van der Waals surface area contributed by atoms with Gasteiger partial charge in [0, 0.05) is 18.7 Å². The summed E-state index contributed by atoms with van der Waals surface area (Å²) >= 11 is 13.0. The Morgan fingerprint density at radius 1 is 1.41 bits per heavy atom. The summed E-state index contributed by atoms with van der Waals surface area (Å²) in [6, 6.07) is 4.83. The van der Waals surface area contributed by atoms with Gasteiger partial charge in [-0.1, -0.05) is 41.9 Å². The van der Waals surface area contributed by atoms with Crippen molar-refractivity contribution in [3.8, 4) is 0 Å². The number of halogens is 2. The van der Waals surface area contributed by atoms with Crippen LogP contribution in [0.5, 0.6) is 0 Å². The minimum atomic E-state index is -0.460. The fourth-order valence-corrected chi connectivity index (χ4v) is 3.08. The number of carbonyl (C=O) groups excluding carboxylic acids is 2. The van der Waals surface area contributed by atoms with Crippen molar-refractivity contribution in [2.45, 2.75) is 25.0 Å². The number of amidine groups is 1. The zero-order valence-electron chi connectivity index (χ0n) is 11.9. The highest BCUT2D eigenvalue weighted by Crippen LogP contribution is 2.26. The maximum Gasteiger partial charge on any atom is 0.240 e. The molecule has 1 aromatic carbocycles. The first kappa shape index (κ1) is 17.1. The predicted molar refractivity (Wildman–Crippen MR) is 91.8 cm³/mol. The van der Waals surface area contributed by atoms with E-state index in [9.17, 15) is 9.59 Å². The fraction of sp³-hybridized carbons (Fsp3) is 0.357. The predicted octanol–water partition coefficient (Wildman–Crippen LogP) is 3.32. The molecule has 0 aromatic heterocycles. The number of nitrogens with zero attached hydrogens (tertiary/aromatic N) is 1. The van der Waals surface area contributed by atoms with E-state index >= 15 is 0 Å². The van der Waals surface area contributed by atoms with E-state index in [1.165, 1.54) is 11.8 Å². The van der Waals surface area contributed by atoms with Gasteiger partial charge in [-0.3, -0.25) is 14.6 Å². The lowest BCUT2D eigenvalue weighted by Gasteiger charge is -2.08. The molecule has 0 saturated carbocycles. The molecular weight excluding hydrogens is 345 g/mol. The average molecular weight is 360 g/mol. The second-order valence-corrected chi connectivity index (χ2v) is 6.67. The number of hydrogen-bond donors (Lipinski definition) is 2. The van der Waals surface area contributed by atoms with Gasteiger partial charge in [0.2, 0.25) is 11.8 Å². The van der Waals surface area contributed by atoms with E-state index < -0.39 is 5.25 Å². The van der Waals surface area contributed by atoms with Gasteiger partial charge in [0.25, 0.3) is 0 Å². The maximum atomic E-state index is 12.0. The van der Waals surface area contributed by atoms with E-state index in [1.54, 1.807) is 18.2 Å². The molecule has 1 aromatic rings. The first-order valence-electron chi connectivity index (χ1n) is 6.76. The third-order valence-electron chi connectivity index (χ3n) is 2.83. The summed E-state index contributed by atoms with van der Waals surface area (Å²) in [7, 11) is 0. The third kappa shape index (κ3) is 4.63. The van der Waals surface area contributed by atoms with Gasteiger partial charge in [-0.2, -0.15) is 0 Å². The largest absolute Gasteiger partial charge is 0.326 e. The van der Waals surface area contributed by atoms with Crippen molar-refractivity contribution >= 4 is 57.6 Å². The second-order valence-electron chi connectivity index (χ2n) is 4.66.